The number of anilines is 2. The summed E-state index contributed by atoms with van der Waals surface area (Å²) in [5, 5.41) is 5.45. The number of hydrogen-bond donors (Lipinski definition) is 2. The number of benzene rings is 2. The number of rotatable bonds is 3. The van der Waals surface area contributed by atoms with E-state index < -0.39 is 11.8 Å². The Kier molecular flexibility index (Phi) is 5.71. The minimum atomic E-state index is -0.821. The van der Waals surface area contributed by atoms with Crippen LogP contribution >= 0.6 is 35.0 Å². The number of nitrogens with one attached hydrogen (secondary N) is 2. The van der Waals surface area contributed by atoms with Crippen LogP contribution in [0.3, 0.4) is 0 Å². The highest BCUT2D eigenvalue weighted by molar-refractivity contribution is 7.98. The third kappa shape index (κ3) is 4.16. The van der Waals surface area contributed by atoms with Crippen molar-refractivity contribution in [2.24, 2.45) is 0 Å². The van der Waals surface area contributed by atoms with Crippen LogP contribution in [0.1, 0.15) is 0 Å². The molecule has 0 saturated heterocycles. The molecular weight excluding hydrogens is 343 g/mol. The molecule has 0 aliphatic heterocycles. The summed E-state index contributed by atoms with van der Waals surface area (Å²) in [5.74, 6) is -1.60. The molecule has 0 unspecified atom stereocenters. The zero-order valence-corrected chi connectivity index (χ0v) is 13.9. The monoisotopic (exact) mass is 354 g/mol. The molecule has 114 valence electrons. The van der Waals surface area contributed by atoms with Gasteiger partial charge in [0.05, 0.1) is 15.7 Å². The third-order valence-corrected chi connectivity index (χ3v) is 4.28. The Bertz CT molecular complexity index is 722. The van der Waals surface area contributed by atoms with Crippen LogP contribution in [-0.4, -0.2) is 18.1 Å². The van der Waals surface area contributed by atoms with E-state index in [4.69, 9.17) is 23.2 Å². The van der Waals surface area contributed by atoms with E-state index in [1.54, 1.807) is 48.2 Å². The van der Waals surface area contributed by atoms with Crippen LogP contribution in [0.25, 0.3) is 0 Å². The molecule has 0 aromatic heterocycles. The maximum Gasteiger partial charge on any atom is 0.314 e. The molecule has 0 heterocycles. The van der Waals surface area contributed by atoms with Crippen molar-refractivity contribution in [1.29, 1.82) is 0 Å². The van der Waals surface area contributed by atoms with Gasteiger partial charge in [-0.25, -0.2) is 0 Å². The van der Waals surface area contributed by atoms with Crippen molar-refractivity contribution >= 4 is 58.2 Å². The van der Waals surface area contributed by atoms with Gasteiger partial charge in [-0.05, 0) is 36.6 Å². The molecule has 0 bridgehead atoms. The summed E-state index contributed by atoms with van der Waals surface area (Å²) < 4.78 is 0. The van der Waals surface area contributed by atoms with Crippen LogP contribution in [0, 0.1) is 0 Å². The van der Waals surface area contributed by atoms with Gasteiger partial charge in [0.1, 0.15) is 0 Å². The normalized spacial score (nSPS) is 10.1. The highest BCUT2D eigenvalue weighted by Crippen LogP contribution is 2.29. The Hall–Kier alpha value is -1.69. The Morgan fingerprint density at radius 1 is 1.00 bits per heavy atom. The molecule has 2 N–H and O–H groups in total. The average Bonchev–Trinajstić information content (AvgIpc) is 2.52. The number of halogens is 2. The Labute approximate surface area is 142 Å². The zero-order chi connectivity index (χ0) is 16.1. The van der Waals surface area contributed by atoms with Crippen molar-refractivity contribution in [2.45, 2.75) is 4.90 Å². The summed E-state index contributed by atoms with van der Waals surface area (Å²) in [6.45, 7) is 0. The first-order valence-electron chi connectivity index (χ1n) is 6.21. The van der Waals surface area contributed by atoms with Gasteiger partial charge < -0.3 is 10.6 Å². The van der Waals surface area contributed by atoms with Crippen molar-refractivity contribution in [3.8, 4) is 0 Å². The van der Waals surface area contributed by atoms with Gasteiger partial charge in [0, 0.05) is 10.6 Å². The van der Waals surface area contributed by atoms with Gasteiger partial charge in [-0.2, -0.15) is 0 Å². The third-order valence-electron chi connectivity index (χ3n) is 2.73. The van der Waals surface area contributed by atoms with Crippen LogP contribution in [0.5, 0.6) is 0 Å². The second-order valence-electron chi connectivity index (χ2n) is 4.24. The second kappa shape index (κ2) is 7.54. The number of amides is 2. The summed E-state index contributed by atoms with van der Waals surface area (Å²) in [6.07, 6.45) is 1.93. The lowest BCUT2D eigenvalue weighted by atomic mass is 10.3. The average molecular weight is 355 g/mol. The van der Waals surface area contributed by atoms with Gasteiger partial charge in [0.2, 0.25) is 0 Å². The van der Waals surface area contributed by atoms with Crippen LogP contribution in [0.15, 0.2) is 47.4 Å². The molecule has 4 nitrogen and oxygen atoms in total. The Balaban J connectivity index is 2.06. The fraction of sp³-hybridized carbons (Fsp3) is 0.0667. The zero-order valence-electron chi connectivity index (χ0n) is 11.5. The van der Waals surface area contributed by atoms with Crippen LogP contribution < -0.4 is 10.6 Å². The van der Waals surface area contributed by atoms with Gasteiger partial charge in [0.25, 0.3) is 0 Å². The second-order valence-corrected chi connectivity index (χ2v) is 5.91. The summed E-state index contributed by atoms with van der Waals surface area (Å²) in [5.41, 5.74) is 0.830. The van der Waals surface area contributed by atoms with Crippen LogP contribution in [0.4, 0.5) is 11.4 Å². The fourth-order valence-corrected chi connectivity index (χ4v) is 2.48. The van der Waals surface area contributed by atoms with Crippen LogP contribution in [0.2, 0.25) is 10.0 Å². The number of carbonyl (C=O) groups excluding carboxylic acids is 2. The highest BCUT2D eigenvalue weighted by Gasteiger charge is 2.16. The molecular formula is C15H12Cl2N2O2S. The van der Waals surface area contributed by atoms with Crippen LogP contribution in [-0.2, 0) is 9.59 Å². The standard InChI is InChI=1S/C15H12Cl2N2O2S/c1-22-10-5-2-4-9(8-10)18-14(20)15(21)19-12-7-3-6-11(16)13(12)17/h2-8H,1H3,(H,18,20)(H,19,21). The van der Waals surface area contributed by atoms with E-state index in [0.29, 0.717) is 10.7 Å². The van der Waals surface area contributed by atoms with Gasteiger partial charge in [-0.3, -0.25) is 9.59 Å². The highest BCUT2D eigenvalue weighted by atomic mass is 35.5. The van der Waals surface area contributed by atoms with Crippen molar-refractivity contribution in [3.05, 3.63) is 52.5 Å². The molecule has 2 aromatic rings. The predicted molar refractivity (Wildman–Crippen MR) is 91.9 cm³/mol. The molecule has 0 aliphatic rings. The van der Waals surface area contributed by atoms with Crippen molar-refractivity contribution in [3.63, 3.8) is 0 Å². The molecule has 2 rings (SSSR count). The van der Waals surface area contributed by atoms with Gasteiger partial charge in [-0.15, -0.1) is 11.8 Å². The summed E-state index contributed by atoms with van der Waals surface area (Å²) in [7, 11) is 0. The van der Waals surface area contributed by atoms with E-state index >= 15 is 0 Å². The first-order chi connectivity index (χ1) is 10.5. The molecule has 7 heteroatoms. The molecule has 0 atom stereocenters. The van der Waals surface area contributed by atoms with E-state index in [-0.39, 0.29) is 10.7 Å². The largest absolute Gasteiger partial charge is 0.318 e. The summed E-state index contributed by atoms with van der Waals surface area (Å²) in [4.78, 5) is 24.8. The molecule has 2 amide bonds. The number of thioether (sulfide) groups is 1. The van der Waals surface area contributed by atoms with E-state index in [0.717, 1.165) is 4.90 Å². The fourth-order valence-electron chi connectivity index (χ4n) is 1.67. The number of carbonyl (C=O) groups is 2. The Morgan fingerprint density at radius 2 is 1.68 bits per heavy atom. The molecule has 0 radical (unpaired) electrons. The van der Waals surface area contributed by atoms with E-state index in [2.05, 4.69) is 10.6 Å². The maximum atomic E-state index is 11.9. The first kappa shape index (κ1) is 16.7. The lowest BCUT2D eigenvalue weighted by molar-refractivity contribution is -0.132. The summed E-state index contributed by atoms with van der Waals surface area (Å²) >= 11 is 13.4. The lowest BCUT2D eigenvalue weighted by Crippen LogP contribution is -2.29. The minimum absolute atomic E-state index is 0.190. The molecule has 0 saturated carbocycles. The van der Waals surface area contributed by atoms with Crippen molar-refractivity contribution in [1.82, 2.24) is 0 Å². The van der Waals surface area contributed by atoms with Gasteiger partial charge >= 0.3 is 11.8 Å². The number of hydrogen-bond acceptors (Lipinski definition) is 3. The van der Waals surface area contributed by atoms with Crippen molar-refractivity contribution < 1.29 is 9.59 Å². The lowest BCUT2D eigenvalue weighted by Gasteiger charge is -2.09. The molecule has 22 heavy (non-hydrogen) atoms. The molecule has 0 fully saturated rings. The molecule has 0 spiro atoms. The van der Waals surface area contributed by atoms with E-state index in [9.17, 15) is 9.59 Å². The first-order valence-corrected chi connectivity index (χ1v) is 8.19. The Morgan fingerprint density at radius 3 is 2.41 bits per heavy atom. The molecule has 2 aromatic carbocycles. The van der Waals surface area contributed by atoms with Gasteiger partial charge in [-0.1, -0.05) is 35.3 Å². The SMILES string of the molecule is CSc1cccc(NC(=O)C(=O)Nc2cccc(Cl)c2Cl)c1. The van der Waals surface area contributed by atoms with Gasteiger partial charge in [0.15, 0.2) is 0 Å². The van der Waals surface area contributed by atoms with E-state index in [1.165, 1.54) is 0 Å². The maximum absolute atomic E-state index is 11.9. The topological polar surface area (TPSA) is 58.2 Å². The quantitative estimate of drug-likeness (QED) is 0.638. The molecule has 0 aliphatic carbocycles. The van der Waals surface area contributed by atoms with E-state index in [1.807, 2.05) is 12.3 Å². The van der Waals surface area contributed by atoms with Crippen molar-refractivity contribution in [2.75, 3.05) is 16.9 Å². The predicted octanol–water partition coefficient (Wildman–Crippen LogP) is 4.29. The summed E-state index contributed by atoms with van der Waals surface area (Å²) in [6, 6.07) is 12.0. The minimum Gasteiger partial charge on any atom is -0.318 e. The smallest absolute Gasteiger partial charge is 0.314 e.